The largest absolute Gasteiger partial charge is 0.472 e. The lowest BCUT2D eigenvalue weighted by molar-refractivity contribution is -0.161. The summed E-state index contributed by atoms with van der Waals surface area (Å²) in [5.74, 6) is -0.666. The molecule has 498 valence electrons. The number of carbonyl (C=O) groups is 4. The first kappa shape index (κ1) is 82.1. The van der Waals surface area contributed by atoms with Crippen LogP contribution in [0, 0.1) is 11.8 Å². The zero-order valence-corrected chi connectivity index (χ0v) is 56.0. The Labute approximate surface area is 511 Å². The Balaban J connectivity index is 5.18. The number of hydrogen-bond acceptors (Lipinski definition) is 15. The van der Waals surface area contributed by atoms with E-state index in [2.05, 4.69) is 41.5 Å². The molecule has 0 rings (SSSR count). The quantitative estimate of drug-likeness (QED) is 0.0222. The molecule has 0 aromatic rings. The monoisotopic (exact) mass is 1240 g/mol. The highest BCUT2D eigenvalue weighted by Crippen LogP contribution is 2.45. The van der Waals surface area contributed by atoms with Gasteiger partial charge in [0.25, 0.3) is 0 Å². The van der Waals surface area contributed by atoms with Crippen molar-refractivity contribution in [1.29, 1.82) is 0 Å². The zero-order valence-electron chi connectivity index (χ0n) is 54.2. The number of unbranched alkanes of at least 4 members (excludes halogenated alkanes) is 34. The predicted octanol–water partition coefficient (Wildman–Crippen LogP) is 18.0. The van der Waals surface area contributed by atoms with Crippen LogP contribution in [-0.4, -0.2) is 96.7 Å². The molecule has 0 fully saturated rings. The summed E-state index contributed by atoms with van der Waals surface area (Å²) in [4.78, 5) is 72.0. The normalized spacial score (nSPS) is 14.3. The summed E-state index contributed by atoms with van der Waals surface area (Å²) in [5.41, 5.74) is 0. The highest BCUT2D eigenvalue weighted by Gasteiger charge is 2.30. The van der Waals surface area contributed by atoms with E-state index in [1.54, 1.807) is 0 Å². The van der Waals surface area contributed by atoms with Gasteiger partial charge in [0, 0.05) is 25.7 Å². The van der Waals surface area contributed by atoms with Gasteiger partial charge in [-0.2, -0.15) is 0 Å². The maximum absolute atomic E-state index is 13.0. The fourth-order valence-electron chi connectivity index (χ4n) is 9.71. The molecule has 0 saturated carbocycles. The van der Waals surface area contributed by atoms with E-state index < -0.39 is 97.5 Å². The Morgan fingerprint density at radius 3 is 0.810 bits per heavy atom. The van der Waals surface area contributed by atoms with Crippen LogP contribution in [0.1, 0.15) is 324 Å². The van der Waals surface area contributed by atoms with Crippen LogP contribution < -0.4 is 0 Å². The number of phosphoric ester groups is 2. The Bertz CT molecular complexity index is 1650. The zero-order chi connectivity index (χ0) is 62.2. The third-order valence-corrected chi connectivity index (χ3v) is 16.9. The lowest BCUT2D eigenvalue weighted by Gasteiger charge is -2.21. The van der Waals surface area contributed by atoms with Crippen molar-refractivity contribution >= 4 is 39.5 Å². The molecule has 0 aromatic heterocycles. The second-order valence-corrected chi connectivity index (χ2v) is 27.4. The number of aliphatic hydroxyl groups is 1. The standard InChI is InChI=1S/C65H126O17P2/c1-7-9-11-13-14-15-16-17-18-19-20-25-31-37-43-49-64(69)82-61(54-76-63(68)48-42-36-30-24-22-21-23-28-34-39-45-57(3)4)56-80-84(73,74)78-52-59(66)51-77-83(71,72)79-55-60(53-75-62(67)47-41-33-12-10-8-2)81-65(70)50-44-38-32-27-26-29-35-40-46-58(5)6/h57-61,66H,7-56H2,1-6H3,(H,71,72)(H,73,74)/t59-,60+,61+/m0/s1. The molecule has 5 atom stereocenters. The molecule has 3 N–H and O–H groups in total. The molecule has 0 aliphatic heterocycles. The highest BCUT2D eigenvalue weighted by atomic mass is 31.2. The number of ether oxygens (including phenoxy) is 4. The smallest absolute Gasteiger partial charge is 0.462 e. The van der Waals surface area contributed by atoms with Crippen molar-refractivity contribution in [3.8, 4) is 0 Å². The van der Waals surface area contributed by atoms with Crippen molar-refractivity contribution in [2.24, 2.45) is 11.8 Å². The van der Waals surface area contributed by atoms with Gasteiger partial charge in [0.05, 0.1) is 26.4 Å². The summed E-state index contributed by atoms with van der Waals surface area (Å²) >= 11 is 0. The van der Waals surface area contributed by atoms with Gasteiger partial charge < -0.3 is 33.8 Å². The summed E-state index contributed by atoms with van der Waals surface area (Å²) in [6.45, 7) is 9.37. The first-order valence-corrected chi connectivity index (χ1v) is 37.0. The Hall–Kier alpha value is -1.94. The number of rotatable bonds is 64. The van der Waals surface area contributed by atoms with Crippen LogP contribution in [-0.2, 0) is 65.4 Å². The summed E-state index contributed by atoms with van der Waals surface area (Å²) < 4.78 is 67.9. The highest BCUT2D eigenvalue weighted by molar-refractivity contribution is 7.47. The van der Waals surface area contributed by atoms with Gasteiger partial charge >= 0.3 is 39.5 Å². The number of phosphoric acid groups is 2. The van der Waals surface area contributed by atoms with Crippen LogP contribution in [0.15, 0.2) is 0 Å². The second kappa shape index (κ2) is 57.5. The van der Waals surface area contributed by atoms with E-state index in [-0.39, 0.29) is 25.7 Å². The fourth-order valence-corrected chi connectivity index (χ4v) is 11.3. The molecule has 0 amide bonds. The third kappa shape index (κ3) is 59.0. The molecule has 0 spiro atoms. The number of carbonyl (C=O) groups excluding carboxylic acids is 4. The molecule has 19 heteroatoms. The molecule has 0 saturated heterocycles. The molecule has 0 heterocycles. The topological polar surface area (TPSA) is 237 Å². The van der Waals surface area contributed by atoms with Gasteiger partial charge in [0.2, 0.25) is 0 Å². The molecule has 0 aliphatic rings. The minimum atomic E-state index is -4.94. The molecule has 2 unspecified atom stereocenters. The van der Waals surface area contributed by atoms with E-state index in [4.69, 9.17) is 37.0 Å². The fraction of sp³-hybridized carbons (Fsp3) is 0.938. The molecule has 0 radical (unpaired) electrons. The van der Waals surface area contributed by atoms with E-state index >= 15 is 0 Å². The lowest BCUT2D eigenvalue weighted by Crippen LogP contribution is -2.30. The first-order chi connectivity index (χ1) is 40.4. The van der Waals surface area contributed by atoms with Crippen LogP contribution in [0.25, 0.3) is 0 Å². The molecule has 17 nitrogen and oxygen atoms in total. The van der Waals surface area contributed by atoms with E-state index in [0.717, 1.165) is 108 Å². The lowest BCUT2D eigenvalue weighted by atomic mass is 10.0. The van der Waals surface area contributed by atoms with Crippen molar-refractivity contribution in [3.63, 3.8) is 0 Å². The molecular weight excluding hydrogens is 1110 g/mol. The summed E-state index contributed by atoms with van der Waals surface area (Å²) in [5, 5.41) is 10.5. The average Bonchev–Trinajstić information content (AvgIpc) is 3.45. The average molecular weight is 1240 g/mol. The van der Waals surface area contributed by atoms with Gasteiger partial charge in [0.1, 0.15) is 19.3 Å². The Morgan fingerprint density at radius 2 is 0.548 bits per heavy atom. The number of esters is 4. The maximum atomic E-state index is 13.0. The van der Waals surface area contributed by atoms with Gasteiger partial charge in [-0.3, -0.25) is 37.3 Å². The summed E-state index contributed by atoms with van der Waals surface area (Å²) in [7, 11) is -9.88. The predicted molar refractivity (Wildman–Crippen MR) is 335 cm³/mol. The number of aliphatic hydroxyl groups excluding tert-OH is 1. The second-order valence-electron chi connectivity index (χ2n) is 24.5. The van der Waals surface area contributed by atoms with Crippen LogP contribution in [0.4, 0.5) is 0 Å². The van der Waals surface area contributed by atoms with Crippen molar-refractivity contribution in [3.05, 3.63) is 0 Å². The summed E-state index contributed by atoms with van der Waals surface area (Å²) in [6, 6.07) is 0. The minimum absolute atomic E-state index is 0.103. The van der Waals surface area contributed by atoms with Crippen molar-refractivity contribution < 1.29 is 80.2 Å². The van der Waals surface area contributed by atoms with E-state index in [1.165, 1.54) is 135 Å². The van der Waals surface area contributed by atoms with Gasteiger partial charge in [-0.15, -0.1) is 0 Å². The molecular formula is C65H126O17P2. The number of hydrogen-bond donors (Lipinski definition) is 3. The van der Waals surface area contributed by atoms with Crippen molar-refractivity contribution in [2.75, 3.05) is 39.6 Å². The third-order valence-electron chi connectivity index (χ3n) is 15.0. The van der Waals surface area contributed by atoms with Crippen LogP contribution in [0.3, 0.4) is 0 Å². The van der Waals surface area contributed by atoms with Gasteiger partial charge in [-0.1, -0.05) is 273 Å². The van der Waals surface area contributed by atoms with Gasteiger partial charge in [-0.25, -0.2) is 9.13 Å². The van der Waals surface area contributed by atoms with Gasteiger partial charge in [-0.05, 0) is 37.5 Å². The van der Waals surface area contributed by atoms with Crippen LogP contribution >= 0.6 is 15.6 Å². The van der Waals surface area contributed by atoms with Crippen LogP contribution in [0.5, 0.6) is 0 Å². The molecule has 0 bridgehead atoms. The van der Waals surface area contributed by atoms with Gasteiger partial charge in [0.15, 0.2) is 12.2 Å². The van der Waals surface area contributed by atoms with Crippen molar-refractivity contribution in [1.82, 2.24) is 0 Å². The van der Waals surface area contributed by atoms with Crippen LogP contribution in [0.2, 0.25) is 0 Å². The first-order valence-electron chi connectivity index (χ1n) is 34.0. The Morgan fingerprint density at radius 1 is 0.321 bits per heavy atom. The molecule has 0 aromatic carbocycles. The minimum Gasteiger partial charge on any atom is -0.462 e. The molecule has 84 heavy (non-hydrogen) atoms. The summed E-state index contributed by atoms with van der Waals surface area (Å²) in [6.07, 6.45) is 40.7. The Kier molecular flexibility index (Phi) is 56.2. The van der Waals surface area contributed by atoms with E-state index in [1.807, 2.05) is 0 Å². The SMILES string of the molecule is CCCCCCCCCCCCCCCCCC(=O)O[C@H](COC(=O)CCCCCCCCCCCCC(C)C)COP(=O)(O)OC[C@@H](O)COP(=O)(O)OC[C@@H](COC(=O)CCCCCCC)OC(=O)CCCCCCCCCCC(C)C. The maximum Gasteiger partial charge on any atom is 0.472 e. The molecule has 0 aliphatic carbocycles. The van der Waals surface area contributed by atoms with E-state index in [9.17, 15) is 43.2 Å². The van der Waals surface area contributed by atoms with E-state index in [0.29, 0.717) is 25.7 Å². The van der Waals surface area contributed by atoms with Crippen molar-refractivity contribution in [2.45, 2.75) is 342 Å².